The Morgan fingerprint density at radius 1 is 1.21 bits per heavy atom. The summed E-state index contributed by atoms with van der Waals surface area (Å²) in [4.78, 5) is 0. The molecule has 1 saturated carbocycles. The van der Waals surface area contributed by atoms with Gasteiger partial charge in [0.1, 0.15) is 5.75 Å². The first-order valence-electron chi connectivity index (χ1n) is 5.01. The highest BCUT2D eigenvalue weighted by Gasteiger charge is 2.45. The number of phenolic OH excluding ortho intramolecular Hbond substituents is 1. The van der Waals surface area contributed by atoms with Crippen molar-refractivity contribution in [3.63, 3.8) is 0 Å². The summed E-state index contributed by atoms with van der Waals surface area (Å²) in [5.74, 6) is 0.333. The lowest BCUT2D eigenvalue weighted by Gasteiger charge is -2.15. The van der Waals surface area contributed by atoms with Crippen molar-refractivity contribution >= 4 is 0 Å². The molecular weight excluding hydrogens is 176 g/mol. The van der Waals surface area contributed by atoms with Crippen LogP contribution in [0.2, 0.25) is 0 Å². The van der Waals surface area contributed by atoms with Gasteiger partial charge < -0.3 is 10.2 Å². The number of hydrogen-bond donors (Lipinski definition) is 2. The van der Waals surface area contributed by atoms with Crippen LogP contribution in [0.25, 0.3) is 0 Å². The van der Waals surface area contributed by atoms with Crippen molar-refractivity contribution in [1.29, 1.82) is 0 Å². The van der Waals surface area contributed by atoms with Crippen LogP contribution in [0.4, 0.5) is 0 Å². The summed E-state index contributed by atoms with van der Waals surface area (Å²) in [5.41, 5.74) is 3.06. The van der Waals surface area contributed by atoms with Crippen LogP contribution < -0.4 is 0 Å². The van der Waals surface area contributed by atoms with Gasteiger partial charge in [0.15, 0.2) is 0 Å². The lowest BCUT2D eigenvalue weighted by atomic mass is 9.92. The zero-order valence-electron chi connectivity index (χ0n) is 8.67. The van der Waals surface area contributed by atoms with Crippen molar-refractivity contribution in [2.45, 2.75) is 32.1 Å². The van der Waals surface area contributed by atoms with Crippen molar-refractivity contribution in [3.8, 4) is 5.75 Å². The van der Waals surface area contributed by atoms with E-state index in [0.29, 0.717) is 5.75 Å². The van der Waals surface area contributed by atoms with E-state index in [2.05, 4.69) is 0 Å². The van der Waals surface area contributed by atoms with Gasteiger partial charge in [-0.05, 0) is 43.9 Å². The van der Waals surface area contributed by atoms with Crippen LogP contribution in [0.3, 0.4) is 0 Å². The normalized spacial score (nSPS) is 18.2. The van der Waals surface area contributed by atoms with Gasteiger partial charge in [0, 0.05) is 11.0 Å². The van der Waals surface area contributed by atoms with E-state index in [4.69, 9.17) is 0 Å². The second-order valence-electron chi connectivity index (χ2n) is 4.39. The van der Waals surface area contributed by atoms with Gasteiger partial charge in [-0.3, -0.25) is 0 Å². The van der Waals surface area contributed by atoms with E-state index < -0.39 is 0 Å². The molecule has 2 nitrogen and oxygen atoms in total. The molecule has 2 N–H and O–H groups in total. The van der Waals surface area contributed by atoms with Gasteiger partial charge in [-0.2, -0.15) is 0 Å². The highest BCUT2D eigenvalue weighted by Crippen LogP contribution is 2.51. The first-order valence-corrected chi connectivity index (χ1v) is 5.01. The Morgan fingerprint density at radius 3 is 2.29 bits per heavy atom. The van der Waals surface area contributed by atoms with E-state index in [1.54, 1.807) is 6.07 Å². The number of rotatable bonds is 2. The Balaban J connectivity index is 2.49. The highest BCUT2D eigenvalue weighted by molar-refractivity contribution is 5.47. The van der Waals surface area contributed by atoms with Crippen LogP contribution in [0.5, 0.6) is 5.75 Å². The predicted octanol–water partition coefficient (Wildman–Crippen LogP) is 2.03. The lowest BCUT2D eigenvalue weighted by Crippen LogP contribution is -2.12. The summed E-state index contributed by atoms with van der Waals surface area (Å²) in [7, 11) is 0. The minimum atomic E-state index is -0.136. The van der Waals surface area contributed by atoms with Gasteiger partial charge in [-0.25, -0.2) is 0 Å². The molecule has 0 radical (unpaired) electrons. The molecule has 0 spiro atoms. The number of aryl methyl sites for hydroxylation is 2. The number of benzene rings is 1. The van der Waals surface area contributed by atoms with E-state index >= 15 is 0 Å². The van der Waals surface area contributed by atoms with Crippen molar-refractivity contribution < 1.29 is 10.2 Å². The molecule has 76 valence electrons. The Morgan fingerprint density at radius 2 is 1.79 bits per heavy atom. The van der Waals surface area contributed by atoms with Gasteiger partial charge in [-0.1, -0.05) is 6.07 Å². The molecule has 1 aliphatic carbocycles. The van der Waals surface area contributed by atoms with E-state index in [-0.39, 0.29) is 12.0 Å². The fourth-order valence-electron chi connectivity index (χ4n) is 1.89. The lowest BCUT2D eigenvalue weighted by molar-refractivity contribution is 0.252. The Kier molecular flexibility index (Phi) is 2.04. The maximum atomic E-state index is 9.81. The second-order valence-corrected chi connectivity index (χ2v) is 4.39. The average molecular weight is 192 g/mol. The van der Waals surface area contributed by atoms with E-state index in [1.165, 1.54) is 5.56 Å². The summed E-state index contributed by atoms with van der Waals surface area (Å²) in [6.07, 6.45) is 1.97. The summed E-state index contributed by atoms with van der Waals surface area (Å²) in [6.45, 7) is 4.16. The first kappa shape index (κ1) is 9.53. The highest BCUT2D eigenvalue weighted by atomic mass is 16.3. The van der Waals surface area contributed by atoms with Gasteiger partial charge >= 0.3 is 0 Å². The van der Waals surface area contributed by atoms with Crippen molar-refractivity contribution in [2.24, 2.45) is 0 Å². The topological polar surface area (TPSA) is 40.5 Å². The minimum absolute atomic E-state index is 0.136. The minimum Gasteiger partial charge on any atom is -0.508 e. The second kappa shape index (κ2) is 2.99. The van der Waals surface area contributed by atoms with Crippen LogP contribution in [-0.4, -0.2) is 16.8 Å². The van der Waals surface area contributed by atoms with Crippen molar-refractivity contribution in [3.05, 3.63) is 28.8 Å². The Hall–Kier alpha value is -1.02. The molecule has 0 atom stereocenters. The maximum Gasteiger partial charge on any atom is 0.119 e. The molecule has 0 amide bonds. The molecule has 0 aliphatic heterocycles. The Bertz CT molecular complexity index is 365. The summed E-state index contributed by atoms with van der Waals surface area (Å²) < 4.78 is 0. The SMILES string of the molecule is Cc1cc(O)c(C2(CO)CC2)cc1C. The maximum absolute atomic E-state index is 9.81. The molecule has 0 heterocycles. The molecule has 2 heteroatoms. The number of aliphatic hydroxyl groups excluding tert-OH is 1. The van der Waals surface area contributed by atoms with E-state index in [0.717, 1.165) is 24.0 Å². The van der Waals surface area contributed by atoms with Crippen molar-refractivity contribution in [2.75, 3.05) is 6.61 Å². The number of aliphatic hydroxyl groups is 1. The van der Waals surface area contributed by atoms with Gasteiger partial charge in [0.05, 0.1) is 6.61 Å². The predicted molar refractivity (Wildman–Crippen MR) is 55.6 cm³/mol. The average Bonchev–Trinajstić information content (AvgIpc) is 2.92. The molecule has 1 aromatic rings. The smallest absolute Gasteiger partial charge is 0.119 e. The van der Waals surface area contributed by atoms with Crippen LogP contribution in [0.1, 0.15) is 29.5 Å². The van der Waals surface area contributed by atoms with Crippen molar-refractivity contribution in [1.82, 2.24) is 0 Å². The molecule has 0 bridgehead atoms. The van der Waals surface area contributed by atoms with Crippen LogP contribution >= 0.6 is 0 Å². The molecule has 0 unspecified atom stereocenters. The third-order valence-electron chi connectivity index (χ3n) is 3.34. The largest absolute Gasteiger partial charge is 0.508 e. The number of hydrogen-bond acceptors (Lipinski definition) is 2. The fraction of sp³-hybridized carbons (Fsp3) is 0.500. The molecule has 2 rings (SSSR count). The molecule has 1 aromatic carbocycles. The third-order valence-corrected chi connectivity index (χ3v) is 3.34. The standard InChI is InChI=1S/C12H16O2/c1-8-5-10(11(14)6-9(8)2)12(7-13)3-4-12/h5-6,13-14H,3-4,7H2,1-2H3. The van der Waals surface area contributed by atoms with Gasteiger partial charge in [0.25, 0.3) is 0 Å². The molecule has 1 aliphatic rings. The quantitative estimate of drug-likeness (QED) is 0.752. The zero-order valence-corrected chi connectivity index (χ0v) is 8.67. The number of aromatic hydroxyl groups is 1. The molecule has 0 aromatic heterocycles. The Labute approximate surface area is 84.2 Å². The van der Waals surface area contributed by atoms with Gasteiger partial charge in [-0.15, -0.1) is 0 Å². The summed E-state index contributed by atoms with van der Waals surface area (Å²) >= 11 is 0. The van der Waals surface area contributed by atoms with Crippen LogP contribution in [-0.2, 0) is 5.41 Å². The van der Waals surface area contributed by atoms with Crippen LogP contribution in [0.15, 0.2) is 12.1 Å². The molecule has 0 saturated heterocycles. The van der Waals surface area contributed by atoms with E-state index in [9.17, 15) is 10.2 Å². The molecule has 1 fully saturated rings. The number of phenols is 1. The van der Waals surface area contributed by atoms with Crippen LogP contribution in [0, 0.1) is 13.8 Å². The fourth-order valence-corrected chi connectivity index (χ4v) is 1.89. The van der Waals surface area contributed by atoms with E-state index in [1.807, 2.05) is 19.9 Å². The molecular formula is C12H16O2. The molecule has 14 heavy (non-hydrogen) atoms. The monoisotopic (exact) mass is 192 g/mol. The zero-order chi connectivity index (χ0) is 10.3. The third kappa shape index (κ3) is 1.30. The summed E-state index contributed by atoms with van der Waals surface area (Å²) in [6, 6.07) is 3.80. The summed E-state index contributed by atoms with van der Waals surface area (Å²) in [5, 5.41) is 19.1. The van der Waals surface area contributed by atoms with Gasteiger partial charge in [0.2, 0.25) is 0 Å². The first-order chi connectivity index (χ1) is 6.59.